The van der Waals surface area contributed by atoms with E-state index in [-0.39, 0.29) is 0 Å². The van der Waals surface area contributed by atoms with Gasteiger partial charge in [0.2, 0.25) is 0 Å². The molecule has 110 valence electrons. The van der Waals surface area contributed by atoms with Crippen LogP contribution in [0.4, 0.5) is 0 Å². The van der Waals surface area contributed by atoms with E-state index in [1.54, 1.807) is 38.5 Å². The minimum atomic E-state index is 0.835. The lowest BCUT2D eigenvalue weighted by atomic mass is 9.65. The van der Waals surface area contributed by atoms with Gasteiger partial charge in [-0.25, -0.2) is 0 Å². The Bertz CT molecular complexity index is 261. The van der Waals surface area contributed by atoms with Gasteiger partial charge in [0.05, 0.1) is 0 Å². The summed E-state index contributed by atoms with van der Waals surface area (Å²) in [7, 11) is 0. The zero-order valence-electron chi connectivity index (χ0n) is 12.5. The maximum atomic E-state index is 3.81. The van der Waals surface area contributed by atoms with Crippen LogP contribution in [0.5, 0.6) is 0 Å². The summed E-state index contributed by atoms with van der Waals surface area (Å²) in [5, 5.41) is 0. The fraction of sp³-hybridized carbons (Fsp3) is 1.00. The van der Waals surface area contributed by atoms with Crippen LogP contribution in [0.2, 0.25) is 0 Å². The molecule has 1 heteroatoms. The second-order valence-corrected chi connectivity index (χ2v) is 8.89. The van der Waals surface area contributed by atoms with Crippen LogP contribution in [0, 0.1) is 23.7 Å². The molecule has 3 aliphatic rings. The number of hydrogen-bond acceptors (Lipinski definition) is 0. The Morgan fingerprint density at radius 2 is 1.00 bits per heavy atom. The van der Waals surface area contributed by atoms with Crippen LogP contribution in [0.3, 0.4) is 0 Å². The Labute approximate surface area is 128 Å². The molecule has 3 aliphatic carbocycles. The third-order valence-electron chi connectivity index (χ3n) is 6.44. The first-order chi connectivity index (χ1) is 9.33. The Morgan fingerprint density at radius 3 is 1.63 bits per heavy atom. The van der Waals surface area contributed by atoms with E-state index >= 15 is 0 Å². The van der Waals surface area contributed by atoms with Crippen molar-refractivity contribution in [1.29, 1.82) is 0 Å². The number of hydrogen-bond donors (Lipinski definition) is 0. The van der Waals surface area contributed by atoms with E-state index in [1.165, 1.54) is 44.9 Å². The molecule has 0 aromatic carbocycles. The van der Waals surface area contributed by atoms with Gasteiger partial charge in [0.1, 0.15) is 0 Å². The average molecular weight is 327 g/mol. The molecule has 0 nitrogen and oxygen atoms in total. The van der Waals surface area contributed by atoms with Crippen molar-refractivity contribution in [3.63, 3.8) is 0 Å². The Hall–Kier alpha value is 0.480. The molecule has 0 bridgehead atoms. The molecule has 3 fully saturated rings. The quantitative estimate of drug-likeness (QED) is 0.520. The van der Waals surface area contributed by atoms with Crippen molar-refractivity contribution in [1.82, 2.24) is 0 Å². The van der Waals surface area contributed by atoms with E-state index in [2.05, 4.69) is 15.9 Å². The van der Waals surface area contributed by atoms with Gasteiger partial charge in [-0.05, 0) is 55.8 Å². The van der Waals surface area contributed by atoms with Crippen molar-refractivity contribution in [2.45, 2.75) is 88.3 Å². The van der Waals surface area contributed by atoms with E-state index < -0.39 is 0 Å². The molecule has 0 saturated heterocycles. The largest absolute Gasteiger partial charge is 0.0891 e. The van der Waals surface area contributed by atoms with Crippen LogP contribution in [0.25, 0.3) is 0 Å². The van der Waals surface area contributed by atoms with E-state index in [0.717, 1.165) is 28.5 Å². The summed E-state index contributed by atoms with van der Waals surface area (Å²) in [6.07, 6.45) is 19.9. The Morgan fingerprint density at radius 1 is 0.474 bits per heavy atom. The lowest BCUT2D eigenvalue weighted by Crippen LogP contribution is -2.30. The molecule has 0 aromatic heterocycles. The van der Waals surface area contributed by atoms with Crippen LogP contribution in [-0.2, 0) is 0 Å². The fourth-order valence-electron chi connectivity index (χ4n) is 5.28. The molecule has 0 spiro atoms. The predicted octanol–water partition coefficient (Wildman–Crippen LogP) is 6.33. The highest BCUT2D eigenvalue weighted by Gasteiger charge is 2.34. The molecule has 3 saturated carbocycles. The molecular formula is C18H31Br. The standard InChI is InChI=1S/C18H31Br/c19-18-11-9-15(10-12-18)17-8-4-7-16(13-17)14-5-2-1-3-6-14/h14-18H,1-13H2. The van der Waals surface area contributed by atoms with Gasteiger partial charge in [0.15, 0.2) is 0 Å². The van der Waals surface area contributed by atoms with Gasteiger partial charge in [-0.3, -0.25) is 0 Å². The lowest BCUT2D eigenvalue weighted by Gasteiger charge is -2.41. The number of alkyl halides is 1. The van der Waals surface area contributed by atoms with E-state index in [1.807, 2.05) is 0 Å². The third kappa shape index (κ3) is 3.77. The normalized spacial score (nSPS) is 42.2. The molecule has 2 atom stereocenters. The van der Waals surface area contributed by atoms with Crippen molar-refractivity contribution < 1.29 is 0 Å². The highest BCUT2D eigenvalue weighted by molar-refractivity contribution is 9.09. The minimum absolute atomic E-state index is 0.835. The van der Waals surface area contributed by atoms with Gasteiger partial charge in [-0.2, -0.15) is 0 Å². The zero-order chi connectivity index (χ0) is 13.1. The van der Waals surface area contributed by atoms with Crippen LogP contribution in [0.15, 0.2) is 0 Å². The summed E-state index contributed by atoms with van der Waals surface area (Å²) in [5.41, 5.74) is 0. The predicted molar refractivity (Wildman–Crippen MR) is 86.7 cm³/mol. The fourth-order valence-corrected chi connectivity index (χ4v) is 5.81. The summed E-state index contributed by atoms with van der Waals surface area (Å²) in [6.45, 7) is 0. The summed E-state index contributed by atoms with van der Waals surface area (Å²) in [5.74, 6) is 4.41. The second-order valence-electron chi connectivity index (χ2n) is 7.60. The van der Waals surface area contributed by atoms with Gasteiger partial charge in [0.25, 0.3) is 0 Å². The molecule has 0 amide bonds. The molecular weight excluding hydrogens is 296 g/mol. The van der Waals surface area contributed by atoms with E-state index in [9.17, 15) is 0 Å². The first-order valence-corrected chi connectivity index (χ1v) is 9.88. The minimum Gasteiger partial charge on any atom is -0.0891 e. The number of rotatable bonds is 2. The SMILES string of the molecule is BrC1CCC(C2CCCC(C3CCCCC3)C2)CC1. The maximum Gasteiger partial charge on any atom is 0.0146 e. The van der Waals surface area contributed by atoms with Gasteiger partial charge in [-0.15, -0.1) is 0 Å². The van der Waals surface area contributed by atoms with Crippen molar-refractivity contribution in [2.24, 2.45) is 23.7 Å². The van der Waals surface area contributed by atoms with Gasteiger partial charge in [0, 0.05) is 4.83 Å². The van der Waals surface area contributed by atoms with Crippen molar-refractivity contribution in [3.8, 4) is 0 Å². The van der Waals surface area contributed by atoms with Gasteiger partial charge < -0.3 is 0 Å². The second kappa shape index (κ2) is 6.96. The topological polar surface area (TPSA) is 0 Å². The first kappa shape index (κ1) is 14.4. The lowest BCUT2D eigenvalue weighted by molar-refractivity contribution is 0.112. The number of halogens is 1. The molecule has 0 aromatic rings. The van der Waals surface area contributed by atoms with Crippen LogP contribution >= 0.6 is 15.9 Å². The summed E-state index contributed by atoms with van der Waals surface area (Å²) < 4.78 is 0. The molecule has 0 aliphatic heterocycles. The highest BCUT2D eigenvalue weighted by atomic mass is 79.9. The highest BCUT2D eigenvalue weighted by Crippen LogP contribution is 2.45. The van der Waals surface area contributed by atoms with Crippen molar-refractivity contribution in [3.05, 3.63) is 0 Å². The molecule has 3 rings (SSSR count). The van der Waals surface area contributed by atoms with Crippen molar-refractivity contribution >= 4 is 15.9 Å². The van der Waals surface area contributed by atoms with Crippen LogP contribution in [-0.4, -0.2) is 4.83 Å². The van der Waals surface area contributed by atoms with Gasteiger partial charge >= 0.3 is 0 Å². The smallest absolute Gasteiger partial charge is 0.0146 e. The molecule has 2 unspecified atom stereocenters. The van der Waals surface area contributed by atoms with Crippen molar-refractivity contribution in [2.75, 3.05) is 0 Å². The van der Waals surface area contributed by atoms with E-state index in [0.29, 0.717) is 0 Å². The maximum absolute atomic E-state index is 3.81. The molecule has 0 heterocycles. The molecule has 0 N–H and O–H groups in total. The molecule has 19 heavy (non-hydrogen) atoms. The average Bonchev–Trinajstić information content (AvgIpc) is 2.49. The third-order valence-corrected chi connectivity index (χ3v) is 7.36. The van der Waals surface area contributed by atoms with Gasteiger partial charge in [-0.1, -0.05) is 67.3 Å². The Kier molecular flexibility index (Phi) is 5.28. The Balaban J connectivity index is 1.52. The summed E-state index contributed by atoms with van der Waals surface area (Å²) in [4.78, 5) is 0.835. The summed E-state index contributed by atoms with van der Waals surface area (Å²) in [6, 6.07) is 0. The molecule has 0 radical (unpaired) electrons. The summed E-state index contributed by atoms with van der Waals surface area (Å²) >= 11 is 3.81. The monoisotopic (exact) mass is 326 g/mol. The first-order valence-electron chi connectivity index (χ1n) is 8.97. The van der Waals surface area contributed by atoms with Crippen LogP contribution < -0.4 is 0 Å². The van der Waals surface area contributed by atoms with Crippen LogP contribution in [0.1, 0.15) is 83.5 Å². The van der Waals surface area contributed by atoms with E-state index in [4.69, 9.17) is 0 Å². The zero-order valence-corrected chi connectivity index (χ0v) is 14.0.